The van der Waals surface area contributed by atoms with Crippen LogP contribution in [0.1, 0.15) is 27.6 Å². The van der Waals surface area contributed by atoms with E-state index in [-0.39, 0.29) is 17.3 Å². The number of hydrogen-bond acceptors (Lipinski definition) is 2. The fourth-order valence-electron chi connectivity index (χ4n) is 1.85. The van der Waals surface area contributed by atoms with Crippen LogP contribution in [0.25, 0.3) is 5.53 Å². The number of hydrogen-bond donors (Lipinski definition) is 0. The maximum atomic E-state index is 12.2. The highest BCUT2D eigenvalue weighted by atomic mass is 32.2. The number of benzene rings is 2. The standard InChI is InChI=1S/C16H14N2O2S/c1-12(19)14-8-5-9-15(10-14)21(18-17)11-16(20)13-6-3-2-4-7-13/h2-10H,11H2,1H3. The van der Waals surface area contributed by atoms with Gasteiger partial charge in [-0.25, -0.2) is 0 Å². The fraction of sp³-hybridized carbons (Fsp3) is 0.125. The van der Waals surface area contributed by atoms with Crippen LogP contribution in [0.5, 0.6) is 0 Å². The number of Topliss-reactive ketones (excluding diaryl/α,β-unsaturated/α-hetero) is 2. The lowest BCUT2D eigenvalue weighted by Gasteiger charge is -2.01. The molecule has 0 aromatic heterocycles. The molecule has 5 heteroatoms. The van der Waals surface area contributed by atoms with E-state index in [0.29, 0.717) is 16.0 Å². The van der Waals surface area contributed by atoms with Gasteiger partial charge in [0, 0.05) is 11.1 Å². The normalized spacial score (nSPS) is 11.5. The van der Waals surface area contributed by atoms with E-state index in [2.05, 4.69) is 4.16 Å². The van der Waals surface area contributed by atoms with Crippen LogP contribution in [0.15, 0.2) is 59.5 Å². The van der Waals surface area contributed by atoms with Crippen molar-refractivity contribution in [3.8, 4) is 0 Å². The van der Waals surface area contributed by atoms with Crippen LogP contribution in [-0.2, 0) is 10.7 Å². The Balaban J connectivity index is 2.26. The average Bonchev–Trinajstić information content (AvgIpc) is 2.53. The summed E-state index contributed by atoms with van der Waals surface area (Å²) in [4.78, 5) is 24.2. The molecule has 2 rings (SSSR count). The Bertz CT molecular complexity index is 735. The highest BCUT2D eigenvalue weighted by Gasteiger charge is 2.17. The van der Waals surface area contributed by atoms with Gasteiger partial charge in [0.05, 0.1) is 4.90 Å². The van der Waals surface area contributed by atoms with Crippen LogP contribution in [0.3, 0.4) is 0 Å². The van der Waals surface area contributed by atoms with E-state index in [1.165, 1.54) is 6.92 Å². The molecule has 0 N–H and O–H groups in total. The van der Waals surface area contributed by atoms with Crippen molar-refractivity contribution >= 4 is 22.3 Å². The van der Waals surface area contributed by atoms with Crippen LogP contribution in [-0.4, -0.2) is 17.3 Å². The van der Waals surface area contributed by atoms with E-state index >= 15 is 0 Å². The summed E-state index contributed by atoms with van der Waals surface area (Å²) < 4.78 is 3.32. The molecule has 0 aliphatic rings. The second kappa shape index (κ2) is 6.88. The van der Waals surface area contributed by atoms with E-state index in [0.717, 1.165) is 0 Å². The third-order valence-corrected chi connectivity index (χ3v) is 4.51. The Morgan fingerprint density at radius 2 is 1.71 bits per heavy atom. The summed E-state index contributed by atoms with van der Waals surface area (Å²) in [5.74, 6) is -0.0697. The largest absolute Gasteiger partial charge is 0.351 e. The van der Waals surface area contributed by atoms with E-state index in [1.807, 2.05) is 6.07 Å². The molecule has 0 radical (unpaired) electrons. The minimum absolute atomic E-state index is 0.0623. The van der Waals surface area contributed by atoms with Crippen molar-refractivity contribution in [1.29, 1.82) is 0 Å². The highest BCUT2D eigenvalue weighted by molar-refractivity contribution is 7.87. The molecule has 0 aliphatic heterocycles. The van der Waals surface area contributed by atoms with Crippen molar-refractivity contribution in [3.63, 3.8) is 0 Å². The van der Waals surface area contributed by atoms with E-state index in [1.54, 1.807) is 48.5 Å². The molecule has 2 aromatic rings. The van der Waals surface area contributed by atoms with Gasteiger partial charge < -0.3 is 5.53 Å². The maximum Gasteiger partial charge on any atom is 0.198 e. The summed E-state index contributed by atoms with van der Waals surface area (Å²) in [7, 11) is -0.973. The molecule has 0 aliphatic carbocycles. The van der Waals surface area contributed by atoms with Crippen LogP contribution in [0.2, 0.25) is 0 Å². The summed E-state index contributed by atoms with van der Waals surface area (Å²) >= 11 is 0. The van der Waals surface area contributed by atoms with Crippen LogP contribution in [0, 0.1) is 0 Å². The Morgan fingerprint density at radius 3 is 2.33 bits per heavy atom. The molecule has 4 nitrogen and oxygen atoms in total. The van der Waals surface area contributed by atoms with Crippen molar-refractivity contribution in [2.75, 3.05) is 5.75 Å². The molecule has 0 heterocycles. The zero-order valence-corrected chi connectivity index (χ0v) is 12.3. The number of ketones is 2. The number of carbonyl (C=O) groups excluding carboxylic acids is 2. The minimum atomic E-state index is -0.973. The van der Waals surface area contributed by atoms with Gasteiger partial charge in [0.25, 0.3) is 0 Å². The SMILES string of the molecule is CC(=O)c1cccc(S(CC(=O)c2ccccc2)=[N+]=[N-])c1. The zero-order valence-electron chi connectivity index (χ0n) is 11.5. The van der Waals surface area contributed by atoms with Gasteiger partial charge >= 0.3 is 0 Å². The molecular weight excluding hydrogens is 284 g/mol. The molecule has 0 spiro atoms. The summed E-state index contributed by atoms with van der Waals surface area (Å²) in [6.45, 7) is 1.47. The monoisotopic (exact) mass is 298 g/mol. The van der Waals surface area contributed by atoms with Crippen molar-refractivity contribution in [3.05, 3.63) is 71.3 Å². The topological polar surface area (TPSA) is 70.5 Å². The van der Waals surface area contributed by atoms with E-state index < -0.39 is 10.7 Å². The lowest BCUT2D eigenvalue weighted by Crippen LogP contribution is -2.12. The maximum absolute atomic E-state index is 12.2. The third-order valence-electron chi connectivity index (χ3n) is 2.97. The molecule has 2 aromatic carbocycles. The molecule has 1 unspecified atom stereocenters. The Kier molecular flexibility index (Phi) is 4.93. The first-order valence-corrected chi connectivity index (χ1v) is 7.72. The van der Waals surface area contributed by atoms with Gasteiger partial charge in [-0.2, -0.15) is 0 Å². The van der Waals surface area contributed by atoms with Gasteiger partial charge in [0.1, 0.15) is 5.75 Å². The quantitative estimate of drug-likeness (QED) is 0.483. The third kappa shape index (κ3) is 3.81. The van der Waals surface area contributed by atoms with E-state index in [9.17, 15) is 15.1 Å². The lowest BCUT2D eigenvalue weighted by atomic mass is 10.1. The first kappa shape index (κ1) is 15.0. The smallest absolute Gasteiger partial charge is 0.198 e. The van der Waals surface area contributed by atoms with Crippen molar-refractivity contribution in [2.24, 2.45) is 0 Å². The molecule has 0 saturated heterocycles. The van der Waals surface area contributed by atoms with Crippen LogP contribution >= 0.6 is 0 Å². The molecule has 0 saturated carbocycles. The highest BCUT2D eigenvalue weighted by Crippen LogP contribution is 2.12. The Morgan fingerprint density at radius 1 is 1.05 bits per heavy atom. The molecule has 1 atom stereocenters. The second-order valence-electron chi connectivity index (χ2n) is 4.46. The predicted molar refractivity (Wildman–Crippen MR) is 83.2 cm³/mol. The summed E-state index contributed by atoms with van der Waals surface area (Å²) in [5, 5.41) is 0. The molecule has 0 bridgehead atoms. The van der Waals surface area contributed by atoms with Crippen molar-refractivity contribution in [1.82, 2.24) is 4.16 Å². The summed E-state index contributed by atoms with van der Waals surface area (Å²) in [6, 6.07) is 15.7. The average molecular weight is 298 g/mol. The van der Waals surface area contributed by atoms with Crippen LogP contribution in [0.4, 0.5) is 0 Å². The van der Waals surface area contributed by atoms with Gasteiger partial charge in [-0.1, -0.05) is 42.5 Å². The van der Waals surface area contributed by atoms with Crippen molar-refractivity contribution < 1.29 is 9.59 Å². The molecule has 21 heavy (non-hydrogen) atoms. The number of nitrogens with zero attached hydrogens (tertiary/aromatic N) is 2. The molecule has 0 amide bonds. The van der Waals surface area contributed by atoms with Crippen molar-refractivity contribution in [2.45, 2.75) is 11.8 Å². The van der Waals surface area contributed by atoms with E-state index in [4.69, 9.17) is 0 Å². The van der Waals surface area contributed by atoms with Crippen LogP contribution < -0.4 is 4.16 Å². The first-order chi connectivity index (χ1) is 10.1. The zero-order chi connectivity index (χ0) is 15.2. The minimum Gasteiger partial charge on any atom is -0.351 e. The van der Waals surface area contributed by atoms with Gasteiger partial charge in [-0.3, -0.25) is 9.59 Å². The molecule has 106 valence electrons. The second-order valence-corrected chi connectivity index (χ2v) is 6.12. The summed E-state index contributed by atoms with van der Waals surface area (Å²) in [6.07, 6.45) is 0. The Labute approximate surface area is 125 Å². The fourth-order valence-corrected chi connectivity index (χ4v) is 3.08. The molecule has 0 fully saturated rings. The summed E-state index contributed by atoms with van der Waals surface area (Å²) in [5.41, 5.74) is 10.3. The lowest BCUT2D eigenvalue weighted by molar-refractivity contribution is 0.101. The van der Waals surface area contributed by atoms with Gasteiger partial charge in [0.15, 0.2) is 22.3 Å². The predicted octanol–water partition coefficient (Wildman–Crippen LogP) is 3.02. The number of rotatable bonds is 5. The number of carbonyl (C=O) groups is 2. The Hall–Kier alpha value is -2.36. The first-order valence-electron chi connectivity index (χ1n) is 6.37. The van der Waals surface area contributed by atoms with Gasteiger partial charge in [0.2, 0.25) is 0 Å². The molecular formula is C16H14N2O2S. The van der Waals surface area contributed by atoms with Gasteiger partial charge in [-0.15, -0.1) is 4.16 Å². The van der Waals surface area contributed by atoms with Gasteiger partial charge in [-0.05, 0) is 19.1 Å².